The van der Waals surface area contributed by atoms with Crippen LogP contribution in [0, 0.1) is 0 Å². The van der Waals surface area contributed by atoms with E-state index in [0.29, 0.717) is 24.3 Å². The van der Waals surface area contributed by atoms with Crippen LogP contribution in [0.5, 0.6) is 0 Å². The molecule has 1 aromatic carbocycles. The number of nitrogens with one attached hydrogen (secondary N) is 1. The lowest BCUT2D eigenvalue weighted by Crippen LogP contribution is -2.27. The standard InChI is InChI=1S/C16H17BrN2O5/c1-9(20)19-5-4-10-6-11(17)7-12(15(10)19)18-13(16(22)24-3)8-14(21)23-2/h6-8,18H,4-5H2,1-3H3/b13-8+. The van der Waals surface area contributed by atoms with Gasteiger partial charge in [-0.1, -0.05) is 15.9 Å². The Bertz CT molecular complexity index is 729. The zero-order valence-corrected chi connectivity index (χ0v) is 15.1. The minimum atomic E-state index is -0.721. The van der Waals surface area contributed by atoms with Gasteiger partial charge in [-0.05, 0) is 24.1 Å². The van der Waals surface area contributed by atoms with Crippen LogP contribution in [0.1, 0.15) is 12.5 Å². The highest BCUT2D eigenvalue weighted by atomic mass is 79.9. The molecule has 0 spiro atoms. The number of hydrogen-bond donors (Lipinski definition) is 1. The fourth-order valence-corrected chi connectivity index (χ4v) is 3.00. The Kier molecular flexibility index (Phi) is 5.61. The Hall–Kier alpha value is -2.35. The van der Waals surface area contributed by atoms with Crippen LogP contribution < -0.4 is 10.2 Å². The number of carbonyl (C=O) groups is 3. The Labute approximate surface area is 147 Å². The summed E-state index contributed by atoms with van der Waals surface area (Å²) in [6.07, 6.45) is 1.71. The predicted octanol–water partition coefficient (Wildman–Crippen LogP) is 2.00. The van der Waals surface area contributed by atoms with Gasteiger partial charge >= 0.3 is 11.9 Å². The highest BCUT2D eigenvalue weighted by molar-refractivity contribution is 9.10. The lowest BCUT2D eigenvalue weighted by atomic mass is 10.1. The molecule has 8 heteroatoms. The van der Waals surface area contributed by atoms with Crippen LogP contribution in [0.2, 0.25) is 0 Å². The van der Waals surface area contributed by atoms with E-state index in [1.807, 2.05) is 6.07 Å². The number of hydrogen-bond acceptors (Lipinski definition) is 6. The number of esters is 2. The molecule has 1 aliphatic rings. The molecule has 2 rings (SSSR count). The SMILES string of the molecule is COC(=O)/C=C(/Nc1cc(Br)cc2c1N(C(C)=O)CC2)C(=O)OC. The maximum Gasteiger partial charge on any atom is 0.354 e. The number of halogens is 1. The van der Waals surface area contributed by atoms with Gasteiger partial charge in [0.2, 0.25) is 5.91 Å². The van der Waals surface area contributed by atoms with E-state index in [4.69, 9.17) is 0 Å². The van der Waals surface area contributed by atoms with E-state index in [9.17, 15) is 14.4 Å². The van der Waals surface area contributed by atoms with Crippen molar-refractivity contribution in [2.24, 2.45) is 0 Å². The molecule has 7 nitrogen and oxygen atoms in total. The lowest BCUT2D eigenvalue weighted by molar-refractivity contribution is -0.138. The van der Waals surface area contributed by atoms with Crippen molar-refractivity contribution in [1.29, 1.82) is 0 Å². The van der Waals surface area contributed by atoms with Crippen molar-refractivity contribution in [3.05, 3.63) is 33.9 Å². The predicted molar refractivity (Wildman–Crippen MR) is 91.6 cm³/mol. The quantitative estimate of drug-likeness (QED) is 0.618. The van der Waals surface area contributed by atoms with Gasteiger partial charge in [0.05, 0.1) is 31.7 Å². The summed E-state index contributed by atoms with van der Waals surface area (Å²) >= 11 is 3.41. The molecule has 1 heterocycles. The molecule has 0 radical (unpaired) electrons. The van der Waals surface area contributed by atoms with Crippen LogP contribution >= 0.6 is 15.9 Å². The third kappa shape index (κ3) is 3.76. The molecule has 0 unspecified atom stereocenters. The lowest BCUT2D eigenvalue weighted by Gasteiger charge is -2.20. The second-order valence-corrected chi connectivity index (χ2v) is 6.00. The fourth-order valence-electron chi connectivity index (χ4n) is 2.50. The van der Waals surface area contributed by atoms with Crippen LogP contribution in [-0.4, -0.2) is 38.6 Å². The number of ether oxygens (including phenoxy) is 2. The Morgan fingerprint density at radius 2 is 1.96 bits per heavy atom. The zero-order chi connectivity index (χ0) is 17.9. The summed E-state index contributed by atoms with van der Waals surface area (Å²) in [5.74, 6) is -1.52. The van der Waals surface area contributed by atoms with Crippen LogP contribution in [0.15, 0.2) is 28.4 Å². The topological polar surface area (TPSA) is 84.9 Å². The van der Waals surface area contributed by atoms with Crippen molar-refractivity contribution in [2.45, 2.75) is 13.3 Å². The molecule has 0 saturated carbocycles. The molecule has 1 aliphatic heterocycles. The molecule has 128 valence electrons. The number of nitrogens with zero attached hydrogens (tertiary/aromatic N) is 1. The minimum Gasteiger partial charge on any atom is -0.466 e. The van der Waals surface area contributed by atoms with Crippen LogP contribution in [0.25, 0.3) is 0 Å². The average Bonchev–Trinajstić information content (AvgIpc) is 2.97. The Morgan fingerprint density at radius 3 is 2.54 bits per heavy atom. The summed E-state index contributed by atoms with van der Waals surface area (Å²) < 4.78 is 10.0. The zero-order valence-electron chi connectivity index (χ0n) is 13.5. The smallest absolute Gasteiger partial charge is 0.354 e. The van der Waals surface area contributed by atoms with Gasteiger partial charge in [-0.15, -0.1) is 0 Å². The van der Waals surface area contributed by atoms with E-state index in [1.54, 1.807) is 11.0 Å². The minimum absolute atomic E-state index is 0.0833. The Balaban J connectivity index is 2.48. The molecule has 1 aromatic rings. The van der Waals surface area contributed by atoms with Gasteiger partial charge in [-0.3, -0.25) is 4.79 Å². The van der Waals surface area contributed by atoms with Gasteiger partial charge in [0, 0.05) is 17.9 Å². The number of anilines is 2. The molecule has 24 heavy (non-hydrogen) atoms. The second-order valence-electron chi connectivity index (χ2n) is 5.08. The van der Waals surface area contributed by atoms with E-state index in [1.165, 1.54) is 21.1 Å². The molecule has 0 fully saturated rings. The Morgan fingerprint density at radius 1 is 1.25 bits per heavy atom. The maximum atomic E-state index is 11.9. The highest BCUT2D eigenvalue weighted by Gasteiger charge is 2.27. The fraction of sp³-hybridized carbons (Fsp3) is 0.312. The van der Waals surface area contributed by atoms with E-state index < -0.39 is 11.9 Å². The summed E-state index contributed by atoms with van der Waals surface area (Å²) in [4.78, 5) is 36.9. The van der Waals surface area contributed by atoms with E-state index in [2.05, 4.69) is 30.7 Å². The first kappa shape index (κ1) is 18.0. The largest absolute Gasteiger partial charge is 0.466 e. The third-order valence-corrected chi connectivity index (χ3v) is 4.00. The monoisotopic (exact) mass is 396 g/mol. The first-order valence-corrected chi connectivity index (χ1v) is 7.92. The molecule has 1 N–H and O–H groups in total. The van der Waals surface area contributed by atoms with E-state index in [0.717, 1.165) is 16.1 Å². The summed E-state index contributed by atoms with van der Waals surface area (Å²) in [7, 11) is 2.42. The summed E-state index contributed by atoms with van der Waals surface area (Å²) in [6.45, 7) is 2.04. The van der Waals surface area contributed by atoms with Crippen molar-refractivity contribution in [2.75, 3.05) is 31.0 Å². The highest BCUT2D eigenvalue weighted by Crippen LogP contribution is 2.39. The number of fused-ring (bicyclic) bond motifs is 1. The van der Waals surface area contributed by atoms with Gasteiger partial charge < -0.3 is 19.7 Å². The normalized spacial score (nSPS) is 13.3. The molecular formula is C16H17BrN2O5. The van der Waals surface area contributed by atoms with Crippen molar-refractivity contribution >= 4 is 45.2 Å². The van der Waals surface area contributed by atoms with Gasteiger partial charge in [0.15, 0.2) is 0 Å². The summed E-state index contributed by atoms with van der Waals surface area (Å²) in [5, 5.41) is 2.88. The third-order valence-electron chi connectivity index (χ3n) is 3.55. The molecule has 0 aliphatic carbocycles. The summed E-state index contributed by atoms with van der Waals surface area (Å²) in [5.41, 5.74) is 2.09. The molecule has 0 saturated heterocycles. The van der Waals surface area contributed by atoms with Crippen molar-refractivity contribution in [3.63, 3.8) is 0 Å². The number of rotatable bonds is 4. The molecule has 0 aromatic heterocycles. The first-order chi connectivity index (χ1) is 11.4. The molecular weight excluding hydrogens is 380 g/mol. The van der Waals surface area contributed by atoms with Gasteiger partial charge in [-0.2, -0.15) is 0 Å². The van der Waals surface area contributed by atoms with Gasteiger partial charge in [0.25, 0.3) is 0 Å². The van der Waals surface area contributed by atoms with Crippen LogP contribution in [0.3, 0.4) is 0 Å². The number of benzene rings is 1. The van der Waals surface area contributed by atoms with E-state index in [-0.39, 0.29) is 11.6 Å². The van der Waals surface area contributed by atoms with Crippen LogP contribution in [0.4, 0.5) is 11.4 Å². The van der Waals surface area contributed by atoms with Crippen molar-refractivity contribution in [3.8, 4) is 0 Å². The second kappa shape index (κ2) is 7.48. The average molecular weight is 397 g/mol. The molecule has 0 bridgehead atoms. The van der Waals surface area contributed by atoms with Gasteiger partial charge in [0.1, 0.15) is 5.70 Å². The van der Waals surface area contributed by atoms with Crippen LogP contribution in [-0.2, 0) is 30.3 Å². The van der Waals surface area contributed by atoms with Crippen molar-refractivity contribution in [1.82, 2.24) is 0 Å². The maximum absolute atomic E-state index is 11.9. The molecule has 0 atom stereocenters. The number of amides is 1. The van der Waals surface area contributed by atoms with Crippen molar-refractivity contribution < 1.29 is 23.9 Å². The van der Waals surface area contributed by atoms with E-state index >= 15 is 0 Å². The van der Waals surface area contributed by atoms with Gasteiger partial charge in [-0.25, -0.2) is 9.59 Å². The molecule has 1 amide bonds. The number of carbonyl (C=O) groups excluding carboxylic acids is 3. The summed E-state index contributed by atoms with van der Waals surface area (Å²) in [6, 6.07) is 3.65. The first-order valence-electron chi connectivity index (χ1n) is 7.13. The number of methoxy groups -OCH3 is 2.